The van der Waals surface area contributed by atoms with E-state index in [1.165, 1.54) is 25.1 Å². The molecule has 3 aromatic heterocycles. The number of thioether (sulfide) groups is 1. The second-order valence-electron chi connectivity index (χ2n) is 9.07. The summed E-state index contributed by atoms with van der Waals surface area (Å²) >= 11 is 1.41. The summed E-state index contributed by atoms with van der Waals surface area (Å²) in [6.07, 6.45) is 2.68. The number of halogens is 1. The van der Waals surface area contributed by atoms with Crippen LogP contribution in [0.5, 0.6) is 5.88 Å². The minimum atomic E-state index is -0.367. The van der Waals surface area contributed by atoms with Crippen LogP contribution >= 0.6 is 11.8 Å². The predicted molar refractivity (Wildman–Crippen MR) is 131 cm³/mol. The Bertz CT molecular complexity index is 1370. The summed E-state index contributed by atoms with van der Waals surface area (Å²) in [5, 5.41) is 4.68. The van der Waals surface area contributed by atoms with Crippen LogP contribution in [0, 0.1) is 5.82 Å². The highest BCUT2D eigenvalue weighted by atomic mass is 32.2. The molecule has 6 rings (SSSR count). The fourth-order valence-corrected chi connectivity index (χ4v) is 5.88. The van der Waals surface area contributed by atoms with E-state index in [2.05, 4.69) is 30.6 Å². The number of piperazine rings is 1. The van der Waals surface area contributed by atoms with E-state index in [0.29, 0.717) is 53.6 Å². The number of hydrogen-bond acceptors (Lipinski definition) is 9. The van der Waals surface area contributed by atoms with E-state index < -0.39 is 0 Å². The van der Waals surface area contributed by atoms with Crippen LogP contribution in [0.25, 0.3) is 11.0 Å². The lowest BCUT2D eigenvalue weighted by Crippen LogP contribution is -2.54. The number of ether oxygens (including phenoxy) is 1. The number of amides is 2. The molecule has 0 spiro atoms. The zero-order chi connectivity index (χ0) is 24.8. The molecule has 0 saturated carbocycles. The molecule has 0 radical (unpaired) electrons. The van der Waals surface area contributed by atoms with Gasteiger partial charge in [0.25, 0.3) is 5.91 Å². The molecule has 0 aromatic carbocycles. The van der Waals surface area contributed by atoms with E-state index in [4.69, 9.17) is 4.74 Å². The Hall–Kier alpha value is -3.35. The smallest absolute Gasteiger partial charge is 0.284 e. The number of carbonyl (C=O) groups is 2. The number of pyridine rings is 3. The second kappa shape index (κ2) is 9.26. The van der Waals surface area contributed by atoms with Crippen molar-refractivity contribution in [3.05, 3.63) is 47.5 Å². The van der Waals surface area contributed by atoms with Gasteiger partial charge in [-0.1, -0.05) is 0 Å². The molecule has 0 unspecified atom stereocenters. The van der Waals surface area contributed by atoms with Crippen LogP contribution in [0.2, 0.25) is 0 Å². The van der Waals surface area contributed by atoms with Crippen LogP contribution in [0.15, 0.2) is 35.4 Å². The highest BCUT2D eigenvalue weighted by Crippen LogP contribution is 2.32. The second-order valence-corrected chi connectivity index (χ2v) is 10.1. The third kappa shape index (κ3) is 4.25. The summed E-state index contributed by atoms with van der Waals surface area (Å²) in [7, 11) is 1.53. The molecule has 2 atom stereocenters. The highest BCUT2D eigenvalue weighted by Gasteiger charge is 2.43. The Morgan fingerprint density at radius 1 is 1.25 bits per heavy atom. The number of nitrogens with zero attached hydrogens (tertiary/aromatic N) is 5. The molecule has 3 aliphatic rings. The van der Waals surface area contributed by atoms with Gasteiger partial charge in [0, 0.05) is 43.3 Å². The molecular formula is C24H24FN7O3S. The molecule has 10 nitrogen and oxygen atoms in total. The van der Waals surface area contributed by atoms with Gasteiger partial charge in [0.05, 0.1) is 35.0 Å². The van der Waals surface area contributed by atoms with E-state index in [0.717, 1.165) is 17.9 Å². The average Bonchev–Trinajstić information content (AvgIpc) is 3.47. The lowest BCUT2D eigenvalue weighted by Gasteiger charge is -2.34. The maximum atomic E-state index is 14.7. The van der Waals surface area contributed by atoms with Crippen molar-refractivity contribution in [1.29, 1.82) is 0 Å². The first kappa shape index (κ1) is 23.1. The standard InChI is InChI=1S/C24H24FN7O3S/c1-35-21-5-3-17-22(29-21)15(16(25)9-26-17)6-7-31-10-14-8-13(31)11-32(14)30-24(34)18-2-4-19-23(27-18)28-20(33)12-36-19/h2-5,9,13-14H,6-8,10-12H2,1H3,(H,30,34)(H,27,28,33)/t13-,14-/m0/s1. The summed E-state index contributed by atoms with van der Waals surface area (Å²) < 4.78 is 19.9. The quantitative estimate of drug-likeness (QED) is 0.514. The maximum Gasteiger partial charge on any atom is 0.284 e. The third-order valence-corrected chi connectivity index (χ3v) is 7.95. The summed E-state index contributed by atoms with van der Waals surface area (Å²) in [6, 6.07) is 7.42. The van der Waals surface area contributed by atoms with Crippen molar-refractivity contribution in [2.75, 3.05) is 37.8 Å². The van der Waals surface area contributed by atoms with Crippen molar-refractivity contribution < 1.29 is 18.7 Å². The average molecular weight is 510 g/mol. The molecular weight excluding hydrogens is 485 g/mol. The van der Waals surface area contributed by atoms with Gasteiger partial charge in [0.2, 0.25) is 11.8 Å². The highest BCUT2D eigenvalue weighted by molar-refractivity contribution is 8.00. The van der Waals surface area contributed by atoms with Gasteiger partial charge in [0.15, 0.2) is 0 Å². The van der Waals surface area contributed by atoms with Crippen LogP contribution < -0.4 is 15.5 Å². The van der Waals surface area contributed by atoms with E-state index in [9.17, 15) is 14.0 Å². The van der Waals surface area contributed by atoms with Gasteiger partial charge in [-0.25, -0.2) is 19.4 Å². The first-order chi connectivity index (χ1) is 17.5. The molecule has 3 aromatic rings. The van der Waals surface area contributed by atoms with Gasteiger partial charge in [0.1, 0.15) is 17.3 Å². The topological polar surface area (TPSA) is 113 Å². The molecule has 186 valence electrons. The number of fused-ring (bicyclic) bond motifs is 4. The Labute approximate surface area is 210 Å². The lowest BCUT2D eigenvalue weighted by atomic mass is 10.1. The molecule has 6 heterocycles. The van der Waals surface area contributed by atoms with E-state index in [-0.39, 0.29) is 35.4 Å². The number of nitrogens with one attached hydrogen (secondary N) is 2. The van der Waals surface area contributed by atoms with E-state index >= 15 is 0 Å². The van der Waals surface area contributed by atoms with Crippen molar-refractivity contribution in [1.82, 2.24) is 30.3 Å². The van der Waals surface area contributed by atoms with Crippen molar-refractivity contribution in [2.45, 2.75) is 29.8 Å². The van der Waals surface area contributed by atoms with Crippen molar-refractivity contribution >= 4 is 40.4 Å². The van der Waals surface area contributed by atoms with Crippen LogP contribution in [-0.2, 0) is 11.2 Å². The fraction of sp³-hybridized carbons (Fsp3) is 0.375. The number of rotatable bonds is 6. The molecule has 2 N–H and O–H groups in total. The van der Waals surface area contributed by atoms with Crippen LogP contribution in [0.3, 0.4) is 0 Å². The molecule has 2 saturated heterocycles. The Kier molecular flexibility index (Phi) is 5.94. The van der Waals surface area contributed by atoms with Gasteiger partial charge >= 0.3 is 0 Å². The molecule has 2 bridgehead atoms. The van der Waals surface area contributed by atoms with Crippen molar-refractivity contribution in [3.63, 3.8) is 0 Å². The number of carbonyl (C=O) groups excluding carboxylic acids is 2. The van der Waals surface area contributed by atoms with Gasteiger partial charge in [-0.15, -0.1) is 11.8 Å². The molecule has 2 fully saturated rings. The van der Waals surface area contributed by atoms with Gasteiger partial charge < -0.3 is 10.1 Å². The number of anilines is 1. The van der Waals surface area contributed by atoms with Crippen LogP contribution in [-0.4, -0.2) is 81.3 Å². The van der Waals surface area contributed by atoms with Crippen molar-refractivity contribution in [2.24, 2.45) is 0 Å². The summed E-state index contributed by atoms with van der Waals surface area (Å²) in [5.74, 6) is 0.422. The summed E-state index contributed by atoms with van der Waals surface area (Å²) in [5.41, 5.74) is 4.94. The lowest BCUT2D eigenvalue weighted by molar-refractivity contribution is -0.113. The summed E-state index contributed by atoms with van der Waals surface area (Å²) in [6.45, 7) is 2.14. The van der Waals surface area contributed by atoms with Crippen LogP contribution in [0.1, 0.15) is 22.5 Å². The van der Waals surface area contributed by atoms with Crippen LogP contribution in [0.4, 0.5) is 10.2 Å². The first-order valence-electron chi connectivity index (χ1n) is 11.7. The fourth-order valence-electron chi connectivity index (χ4n) is 5.12. The Balaban J connectivity index is 1.09. The molecule has 0 aliphatic carbocycles. The molecule has 3 aliphatic heterocycles. The zero-order valence-electron chi connectivity index (χ0n) is 19.5. The third-order valence-electron chi connectivity index (χ3n) is 6.90. The number of likely N-dealkylation sites (tertiary alicyclic amines) is 1. The Morgan fingerprint density at radius 3 is 2.94 bits per heavy atom. The van der Waals surface area contributed by atoms with Gasteiger partial charge in [-0.05, 0) is 31.0 Å². The van der Waals surface area contributed by atoms with E-state index in [1.54, 1.807) is 18.2 Å². The molecule has 2 amide bonds. The number of hydrazine groups is 1. The monoisotopic (exact) mass is 509 g/mol. The van der Waals surface area contributed by atoms with E-state index in [1.807, 2.05) is 11.1 Å². The first-order valence-corrected chi connectivity index (χ1v) is 12.7. The van der Waals surface area contributed by atoms with Gasteiger partial charge in [-0.2, -0.15) is 0 Å². The normalized spacial score (nSPS) is 21.4. The SMILES string of the molecule is COc1ccc2ncc(F)c(CCN3C[C@@H]4C[C@H]3CN4NC(=O)c3ccc4c(n3)NC(=O)CS4)c2n1. The summed E-state index contributed by atoms with van der Waals surface area (Å²) in [4.78, 5) is 40.6. The molecule has 12 heteroatoms. The van der Waals surface area contributed by atoms with Crippen molar-refractivity contribution in [3.8, 4) is 5.88 Å². The minimum Gasteiger partial charge on any atom is -0.481 e. The zero-order valence-corrected chi connectivity index (χ0v) is 20.3. The maximum absolute atomic E-state index is 14.7. The number of aromatic nitrogens is 3. The largest absolute Gasteiger partial charge is 0.481 e. The minimum absolute atomic E-state index is 0.121. The Morgan fingerprint density at radius 2 is 2.14 bits per heavy atom. The number of hydrogen-bond donors (Lipinski definition) is 2. The predicted octanol–water partition coefficient (Wildman–Crippen LogP) is 1.86. The van der Waals surface area contributed by atoms with Gasteiger partial charge in [-0.3, -0.25) is 24.9 Å². The molecule has 36 heavy (non-hydrogen) atoms. The number of methoxy groups -OCH3 is 1.